The number of nitrogens with one attached hydrogen (secondary N) is 1. The van der Waals surface area contributed by atoms with E-state index in [9.17, 15) is 9.59 Å². The molecule has 0 aromatic carbocycles. The van der Waals surface area contributed by atoms with Gasteiger partial charge in [-0.25, -0.2) is 0 Å². The Kier molecular flexibility index (Phi) is 3.91. The lowest BCUT2D eigenvalue weighted by Crippen LogP contribution is -2.44. The van der Waals surface area contributed by atoms with Gasteiger partial charge >= 0.3 is 0 Å². The molecule has 21 heavy (non-hydrogen) atoms. The highest BCUT2D eigenvalue weighted by Gasteiger charge is 2.49. The topological polar surface area (TPSA) is 113 Å². The van der Waals surface area contributed by atoms with Crippen molar-refractivity contribution in [2.75, 3.05) is 19.8 Å². The number of carbonyl (C=O) groups is 2. The zero-order valence-corrected chi connectivity index (χ0v) is 11.2. The van der Waals surface area contributed by atoms with Crippen LogP contribution in [0.25, 0.3) is 0 Å². The summed E-state index contributed by atoms with van der Waals surface area (Å²) in [6, 6.07) is 2.94. The first kappa shape index (κ1) is 14.1. The Morgan fingerprint density at radius 2 is 2.14 bits per heavy atom. The molecule has 4 atom stereocenters. The molecule has 2 saturated heterocycles. The van der Waals surface area contributed by atoms with E-state index >= 15 is 0 Å². The Balaban J connectivity index is 1.56. The van der Waals surface area contributed by atoms with Crippen LogP contribution in [0.1, 0.15) is 10.6 Å². The lowest BCUT2D eigenvalue weighted by Gasteiger charge is -2.17. The van der Waals surface area contributed by atoms with E-state index in [2.05, 4.69) is 5.32 Å². The van der Waals surface area contributed by atoms with Gasteiger partial charge in [0.05, 0.1) is 25.5 Å². The van der Waals surface area contributed by atoms with Gasteiger partial charge in [0.25, 0.3) is 5.91 Å². The maximum Gasteiger partial charge on any atom is 0.287 e. The first-order valence-electron chi connectivity index (χ1n) is 6.62. The van der Waals surface area contributed by atoms with E-state index in [4.69, 9.17) is 24.4 Å². The van der Waals surface area contributed by atoms with E-state index in [-0.39, 0.29) is 42.6 Å². The lowest BCUT2D eigenvalue weighted by atomic mass is 10.1. The summed E-state index contributed by atoms with van der Waals surface area (Å²) in [5.74, 6) is -0.628. The molecule has 114 valence electrons. The molecule has 8 nitrogen and oxygen atoms in total. The van der Waals surface area contributed by atoms with E-state index in [1.54, 1.807) is 12.1 Å². The maximum atomic E-state index is 11.9. The van der Waals surface area contributed by atoms with Gasteiger partial charge in [0.2, 0.25) is 5.91 Å². The number of hydrogen-bond donors (Lipinski definition) is 2. The lowest BCUT2D eigenvalue weighted by molar-refractivity contribution is -0.126. The van der Waals surface area contributed by atoms with Crippen LogP contribution in [-0.2, 0) is 19.0 Å². The van der Waals surface area contributed by atoms with Crippen LogP contribution in [0.15, 0.2) is 22.8 Å². The Morgan fingerprint density at radius 3 is 2.86 bits per heavy atom. The number of hydrogen-bond acceptors (Lipinski definition) is 6. The van der Waals surface area contributed by atoms with E-state index in [0.717, 1.165) is 0 Å². The molecular formula is C13H16N2O6. The fraction of sp³-hybridized carbons (Fsp3) is 0.538. The van der Waals surface area contributed by atoms with E-state index in [1.807, 2.05) is 0 Å². The molecule has 0 radical (unpaired) electrons. The van der Waals surface area contributed by atoms with Gasteiger partial charge in [0.15, 0.2) is 5.76 Å². The average molecular weight is 296 g/mol. The smallest absolute Gasteiger partial charge is 0.287 e. The summed E-state index contributed by atoms with van der Waals surface area (Å²) in [5.41, 5.74) is 5.04. The van der Waals surface area contributed by atoms with Gasteiger partial charge < -0.3 is 29.7 Å². The van der Waals surface area contributed by atoms with Crippen LogP contribution in [0.5, 0.6) is 0 Å². The predicted molar refractivity (Wildman–Crippen MR) is 68.4 cm³/mol. The summed E-state index contributed by atoms with van der Waals surface area (Å²) in [6.07, 6.45) is 0.462. The standard InChI is InChI=1S/C13H16N2O6/c14-10(16)6-19-9-5-21-11-7(4-20-12(9)11)15-13(17)8-2-1-3-18-8/h1-3,7,9,11-12H,4-6H2,(H2,14,16)(H,15,17)/t7-,9-,11-,12+/m1/s1. The normalized spacial score (nSPS) is 31.0. The van der Waals surface area contributed by atoms with Crippen LogP contribution < -0.4 is 11.1 Å². The predicted octanol–water partition coefficient (Wildman–Crippen LogP) is -0.954. The highest BCUT2D eigenvalue weighted by atomic mass is 16.6. The van der Waals surface area contributed by atoms with Crippen molar-refractivity contribution in [2.24, 2.45) is 5.73 Å². The van der Waals surface area contributed by atoms with Crippen molar-refractivity contribution < 1.29 is 28.2 Å². The molecule has 1 aromatic heterocycles. The molecule has 3 N–H and O–H groups in total. The number of furan rings is 1. The molecule has 3 heterocycles. The monoisotopic (exact) mass is 296 g/mol. The summed E-state index contributed by atoms with van der Waals surface area (Å²) in [6.45, 7) is 0.442. The first-order chi connectivity index (χ1) is 10.1. The Morgan fingerprint density at radius 1 is 1.33 bits per heavy atom. The Bertz CT molecular complexity index is 517. The number of nitrogens with two attached hydrogens (primary N) is 1. The molecule has 0 unspecified atom stereocenters. The van der Waals surface area contributed by atoms with Crippen molar-refractivity contribution in [3.63, 3.8) is 0 Å². The maximum absolute atomic E-state index is 11.9. The third kappa shape index (κ3) is 2.92. The molecule has 0 spiro atoms. The van der Waals surface area contributed by atoms with Crippen LogP contribution in [0.4, 0.5) is 0 Å². The van der Waals surface area contributed by atoms with Gasteiger partial charge in [0, 0.05) is 0 Å². The van der Waals surface area contributed by atoms with E-state index < -0.39 is 5.91 Å². The molecule has 0 saturated carbocycles. The zero-order valence-electron chi connectivity index (χ0n) is 11.2. The summed E-state index contributed by atoms with van der Waals surface area (Å²) < 4.78 is 21.6. The van der Waals surface area contributed by atoms with Gasteiger partial charge in [0.1, 0.15) is 24.9 Å². The second-order valence-corrected chi connectivity index (χ2v) is 4.97. The number of rotatable bonds is 5. The summed E-state index contributed by atoms with van der Waals surface area (Å²) >= 11 is 0. The van der Waals surface area contributed by atoms with Crippen LogP contribution in [0.2, 0.25) is 0 Å². The van der Waals surface area contributed by atoms with Crippen molar-refractivity contribution >= 4 is 11.8 Å². The third-order valence-corrected chi connectivity index (χ3v) is 3.51. The van der Waals surface area contributed by atoms with Crippen molar-refractivity contribution in [1.29, 1.82) is 0 Å². The molecule has 2 aliphatic rings. The van der Waals surface area contributed by atoms with Crippen LogP contribution in [0.3, 0.4) is 0 Å². The SMILES string of the molecule is NC(=O)CO[C@@H]1CO[C@H]2[C@H]1OC[C@H]2NC(=O)c1ccco1. The largest absolute Gasteiger partial charge is 0.459 e. The molecular weight excluding hydrogens is 280 g/mol. The molecule has 2 fully saturated rings. The number of fused-ring (bicyclic) bond motifs is 1. The fourth-order valence-corrected chi connectivity index (χ4v) is 2.57. The molecule has 3 rings (SSSR count). The molecule has 8 heteroatoms. The third-order valence-electron chi connectivity index (χ3n) is 3.51. The quantitative estimate of drug-likeness (QED) is 0.724. The number of amides is 2. The molecule has 0 aliphatic carbocycles. The van der Waals surface area contributed by atoms with E-state index in [0.29, 0.717) is 13.2 Å². The minimum Gasteiger partial charge on any atom is -0.459 e. The van der Waals surface area contributed by atoms with Gasteiger partial charge in [-0.05, 0) is 12.1 Å². The second kappa shape index (κ2) is 5.84. The minimum absolute atomic E-state index is 0.177. The van der Waals surface area contributed by atoms with Crippen molar-refractivity contribution in [3.05, 3.63) is 24.2 Å². The summed E-state index contributed by atoms with van der Waals surface area (Å²) in [5, 5.41) is 2.81. The van der Waals surface area contributed by atoms with Crippen LogP contribution >= 0.6 is 0 Å². The zero-order chi connectivity index (χ0) is 14.8. The molecule has 2 amide bonds. The minimum atomic E-state index is -0.542. The van der Waals surface area contributed by atoms with E-state index in [1.165, 1.54) is 6.26 Å². The summed E-state index contributed by atoms with van der Waals surface area (Å²) in [7, 11) is 0. The highest BCUT2D eigenvalue weighted by molar-refractivity contribution is 5.91. The molecule has 0 bridgehead atoms. The van der Waals surface area contributed by atoms with Gasteiger partial charge in [-0.1, -0.05) is 0 Å². The van der Waals surface area contributed by atoms with Crippen LogP contribution in [-0.4, -0.2) is 56.0 Å². The number of ether oxygens (including phenoxy) is 3. The van der Waals surface area contributed by atoms with Gasteiger partial charge in [-0.2, -0.15) is 0 Å². The first-order valence-corrected chi connectivity index (χ1v) is 6.62. The van der Waals surface area contributed by atoms with Gasteiger partial charge in [-0.15, -0.1) is 0 Å². The average Bonchev–Trinajstić information content (AvgIpc) is 3.15. The van der Waals surface area contributed by atoms with Gasteiger partial charge in [-0.3, -0.25) is 9.59 Å². The summed E-state index contributed by atoms with van der Waals surface area (Å²) in [4.78, 5) is 22.7. The second-order valence-electron chi connectivity index (χ2n) is 4.97. The Labute approximate surface area is 120 Å². The fourth-order valence-electron chi connectivity index (χ4n) is 2.57. The highest BCUT2D eigenvalue weighted by Crippen LogP contribution is 2.29. The molecule has 2 aliphatic heterocycles. The van der Waals surface area contributed by atoms with Crippen LogP contribution in [0, 0.1) is 0 Å². The Hall–Kier alpha value is -1.90. The number of carbonyl (C=O) groups excluding carboxylic acids is 2. The number of primary amides is 1. The molecule has 1 aromatic rings. The van der Waals surface area contributed by atoms with Crippen molar-refractivity contribution in [2.45, 2.75) is 24.4 Å². The van der Waals surface area contributed by atoms with Crippen molar-refractivity contribution in [3.8, 4) is 0 Å². The van der Waals surface area contributed by atoms with Crippen molar-refractivity contribution in [1.82, 2.24) is 5.32 Å².